The Balaban J connectivity index is 2.65. The molecule has 1 aliphatic rings. The number of rotatable bonds is 4. The van der Waals surface area contributed by atoms with Gasteiger partial charge in [0.1, 0.15) is 5.54 Å². The van der Waals surface area contributed by atoms with E-state index in [1.807, 2.05) is 0 Å². The van der Waals surface area contributed by atoms with Gasteiger partial charge in [-0.2, -0.15) is 0 Å². The zero-order valence-corrected chi connectivity index (χ0v) is 9.01. The van der Waals surface area contributed by atoms with Crippen LogP contribution in [-0.2, 0) is 9.53 Å². The molecule has 1 fully saturated rings. The number of alkyl halides is 1. The minimum atomic E-state index is -0.719. The Bertz CT molecular complexity index is 212. The van der Waals surface area contributed by atoms with Crippen molar-refractivity contribution in [2.45, 2.75) is 30.9 Å². The number of methoxy groups -OCH3 is 1. The summed E-state index contributed by atoms with van der Waals surface area (Å²) in [5.41, 5.74) is -0.719. The van der Waals surface area contributed by atoms with Crippen LogP contribution in [0.15, 0.2) is 0 Å². The Labute approximate surface area is 88.6 Å². The molecular weight excluding hydrogens is 206 g/mol. The number of hydrogen-bond acceptors (Lipinski definition) is 4. The molecule has 0 aromatic carbocycles. The first kappa shape index (κ1) is 11.8. The molecule has 14 heavy (non-hydrogen) atoms. The lowest BCUT2D eigenvalue weighted by molar-refractivity contribution is -0.148. The lowest BCUT2D eigenvalue weighted by Crippen LogP contribution is -2.48. The van der Waals surface area contributed by atoms with Gasteiger partial charge in [-0.1, -0.05) is 0 Å². The van der Waals surface area contributed by atoms with Crippen LogP contribution in [0.4, 0.5) is 0 Å². The van der Waals surface area contributed by atoms with Crippen LogP contribution in [0, 0.1) is 0 Å². The quantitative estimate of drug-likeness (QED) is 0.529. The Morgan fingerprint density at radius 2 is 2.50 bits per heavy atom. The average molecular weight is 222 g/mol. The predicted octanol–water partition coefficient (Wildman–Crippen LogP) is 0.271. The fourth-order valence-electron chi connectivity index (χ4n) is 1.87. The molecule has 0 saturated carbocycles. The van der Waals surface area contributed by atoms with Crippen molar-refractivity contribution < 1.29 is 14.6 Å². The second-order valence-corrected chi connectivity index (χ2v) is 3.98. The molecule has 5 heteroatoms. The fraction of sp³-hybridized carbons (Fsp3) is 0.889. The summed E-state index contributed by atoms with van der Waals surface area (Å²) in [4.78, 5) is 11.5. The Morgan fingerprint density at radius 3 is 2.93 bits per heavy atom. The number of aliphatic hydroxyl groups is 1. The van der Waals surface area contributed by atoms with Crippen molar-refractivity contribution in [3.63, 3.8) is 0 Å². The monoisotopic (exact) mass is 221 g/mol. The Morgan fingerprint density at radius 1 is 1.79 bits per heavy atom. The van der Waals surface area contributed by atoms with Gasteiger partial charge in [0.05, 0.1) is 13.2 Å². The first-order chi connectivity index (χ1) is 6.64. The summed E-state index contributed by atoms with van der Waals surface area (Å²) < 4.78 is 4.73. The number of aliphatic hydroxyl groups excluding tert-OH is 1. The van der Waals surface area contributed by atoms with E-state index in [9.17, 15) is 9.90 Å². The number of β-amino-alcohol motifs (C(OH)–C–C–N with tert-alkyl or cyclic N) is 1. The van der Waals surface area contributed by atoms with Crippen molar-refractivity contribution in [3.8, 4) is 0 Å². The molecular formula is C9H16ClNO3. The minimum Gasteiger partial charge on any atom is -0.468 e. The van der Waals surface area contributed by atoms with E-state index in [0.717, 1.165) is 6.42 Å². The maximum Gasteiger partial charge on any atom is 0.326 e. The number of halogens is 1. The van der Waals surface area contributed by atoms with E-state index < -0.39 is 11.6 Å². The molecule has 0 aromatic heterocycles. The van der Waals surface area contributed by atoms with Crippen LogP contribution in [0.25, 0.3) is 0 Å². The van der Waals surface area contributed by atoms with Crippen LogP contribution in [0.5, 0.6) is 0 Å². The molecule has 1 saturated heterocycles. The number of esters is 1. The van der Waals surface area contributed by atoms with E-state index >= 15 is 0 Å². The van der Waals surface area contributed by atoms with Crippen molar-refractivity contribution in [1.82, 2.24) is 5.32 Å². The largest absolute Gasteiger partial charge is 0.468 e. The lowest BCUT2D eigenvalue weighted by Gasteiger charge is -2.25. The van der Waals surface area contributed by atoms with E-state index in [1.165, 1.54) is 7.11 Å². The molecule has 2 atom stereocenters. The highest BCUT2D eigenvalue weighted by atomic mass is 35.5. The normalized spacial score (nSPS) is 31.8. The van der Waals surface area contributed by atoms with Crippen molar-refractivity contribution in [3.05, 3.63) is 0 Å². The van der Waals surface area contributed by atoms with Gasteiger partial charge in [0.2, 0.25) is 0 Å². The molecule has 0 bridgehead atoms. The lowest BCUT2D eigenvalue weighted by atomic mass is 9.91. The molecule has 0 amide bonds. The Kier molecular flexibility index (Phi) is 4.16. The van der Waals surface area contributed by atoms with Gasteiger partial charge < -0.3 is 9.84 Å². The first-order valence-electron chi connectivity index (χ1n) is 4.72. The third-order valence-electron chi connectivity index (χ3n) is 2.57. The number of hydrogen-bond donors (Lipinski definition) is 2. The van der Waals surface area contributed by atoms with Crippen LogP contribution < -0.4 is 5.32 Å². The Hall–Kier alpha value is -0.320. The number of carbonyl (C=O) groups is 1. The smallest absolute Gasteiger partial charge is 0.326 e. The first-order valence-corrected chi connectivity index (χ1v) is 5.25. The van der Waals surface area contributed by atoms with Crippen molar-refractivity contribution in [2.24, 2.45) is 0 Å². The summed E-state index contributed by atoms with van der Waals surface area (Å²) >= 11 is 5.58. The summed E-state index contributed by atoms with van der Waals surface area (Å²) in [6.07, 6.45) is 1.29. The van der Waals surface area contributed by atoms with E-state index in [2.05, 4.69) is 5.32 Å². The number of carbonyl (C=O) groups excluding carboxylic acids is 1. The molecule has 4 nitrogen and oxygen atoms in total. The summed E-state index contributed by atoms with van der Waals surface area (Å²) in [5.74, 6) is 0.204. The van der Waals surface area contributed by atoms with E-state index in [-0.39, 0.29) is 5.97 Å². The van der Waals surface area contributed by atoms with Crippen LogP contribution >= 0.6 is 11.6 Å². The molecule has 1 heterocycles. The van der Waals surface area contributed by atoms with Gasteiger partial charge in [-0.25, -0.2) is 0 Å². The highest BCUT2D eigenvalue weighted by Crippen LogP contribution is 2.26. The topological polar surface area (TPSA) is 58.6 Å². The van der Waals surface area contributed by atoms with E-state index in [0.29, 0.717) is 25.3 Å². The van der Waals surface area contributed by atoms with Gasteiger partial charge in [-0.15, -0.1) is 11.6 Å². The SMILES string of the molecule is COC(=O)[C@]1(CCCCl)C[C@@H](O)CN1. The van der Waals surface area contributed by atoms with E-state index in [4.69, 9.17) is 16.3 Å². The van der Waals surface area contributed by atoms with E-state index in [1.54, 1.807) is 0 Å². The van der Waals surface area contributed by atoms with Gasteiger partial charge in [0, 0.05) is 18.8 Å². The third kappa shape index (κ3) is 2.38. The molecule has 2 N–H and O–H groups in total. The van der Waals surface area contributed by atoms with Crippen LogP contribution in [0.2, 0.25) is 0 Å². The molecule has 1 aliphatic heterocycles. The minimum absolute atomic E-state index is 0.306. The highest BCUT2D eigenvalue weighted by molar-refractivity contribution is 6.17. The molecule has 0 unspecified atom stereocenters. The number of nitrogens with one attached hydrogen (secondary N) is 1. The molecule has 0 aliphatic carbocycles. The second kappa shape index (κ2) is 4.96. The van der Waals surface area contributed by atoms with Gasteiger partial charge in [0.15, 0.2) is 0 Å². The number of ether oxygens (including phenoxy) is 1. The standard InChI is InChI=1S/C9H16ClNO3/c1-14-8(13)9(3-2-4-10)5-7(12)6-11-9/h7,11-12H,2-6H2,1H3/t7-,9+/m1/s1. The molecule has 0 spiro atoms. The van der Waals surface area contributed by atoms with Crippen LogP contribution in [0.1, 0.15) is 19.3 Å². The van der Waals surface area contributed by atoms with Gasteiger partial charge in [0.25, 0.3) is 0 Å². The molecule has 82 valence electrons. The van der Waals surface area contributed by atoms with Crippen LogP contribution in [0.3, 0.4) is 0 Å². The predicted molar refractivity (Wildman–Crippen MR) is 53.3 cm³/mol. The van der Waals surface area contributed by atoms with Crippen LogP contribution in [-0.4, -0.2) is 42.3 Å². The summed E-state index contributed by atoms with van der Waals surface area (Å²) in [5, 5.41) is 12.4. The third-order valence-corrected chi connectivity index (χ3v) is 2.84. The second-order valence-electron chi connectivity index (χ2n) is 3.61. The zero-order chi connectivity index (χ0) is 10.6. The van der Waals surface area contributed by atoms with Crippen molar-refractivity contribution in [2.75, 3.05) is 19.5 Å². The molecule has 0 radical (unpaired) electrons. The maximum atomic E-state index is 11.5. The average Bonchev–Trinajstić information content (AvgIpc) is 2.57. The highest BCUT2D eigenvalue weighted by Gasteiger charge is 2.44. The summed E-state index contributed by atoms with van der Waals surface area (Å²) in [6, 6.07) is 0. The van der Waals surface area contributed by atoms with Gasteiger partial charge in [-0.3, -0.25) is 10.1 Å². The van der Waals surface area contributed by atoms with Gasteiger partial charge in [-0.05, 0) is 12.8 Å². The fourth-order valence-corrected chi connectivity index (χ4v) is 2.01. The maximum absolute atomic E-state index is 11.5. The zero-order valence-electron chi connectivity index (χ0n) is 8.25. The summed E-state index contributed by atoms with van der Waals surface area (Å²) in [6.45, 7) is 0.442. The summed E-state index contributed by atoms with van der Waals surface area (Å²) in [7, 11) is 1.36. The van der Waals surface area contributed by atoms with Gasteiger partial charge >= 0.3 is 5.97 Å². The molecule has 0 aromatic rings. The molecule has 1 rings (SSSR count). The van der Waals surface area contributed by atoms with Crippen molar-refractivity contribution in [1.29, 1.82) is 0 Å². The van der Waals surface area contributed by atoms with Crippen molar-refractivity contribution >= 4 is 17.6 Å².